The van der Waals surface area contributed by atoms with Crippen molar-refractivity contribution in [1.29, 1.82) is 0 Å². The predicted octanol–water partition coefficient (Wildman–Crippen LogP) is 1.65. The van der Waals surface area contributed by atoms with Crippen LogP contribution >= 0.6 is 0 Å². The first-order chi connectivity index (χ1) is 7.91. The van der Waals surface area contributed by atoms with Gasteiger partial charge in [0.2, 0.25) is 5.91 Å². The van der Waals surface area contributed by atoms with Gasteiger partial charge >= 0.3 is 5.97 Å². The van der Waals surface area contributed by atoms with Crippen molar-refractivity contribution in [2.24, 2.45) is 23.2 Å². The molecule has 2 rings (SSSR count). The molecule has 0 radical (unpaired) electrons. The minimum Gasteiger partial charge on any atom is -0.481 e. The molecule has 2 aliphatic carbocycles. The summed E-state index contributed by atoms with van der Waals surface area (Å²) in [7, 11) is 0. The van der Waals surface area contributed by atoms with E-state index in [1.165, 1.54) is 0 Å². The first-order valence-corrected chi connectivity index (χ1v) is 6.42. The lowest BCUT2D eigenvalue weighted by Crippen LogP contribution is -2.37. The van der Waals surface area contributed by atoms with E-state index in [0.717, 1.165) is 12.8 Å². The van der Waals surface area contributed by atoms with Crippen LogP contribution in [0.1, 0.15) is 39.5 Å². The van der Waals surface area contributed by atoms with Crippen LogP contribution in [0.2, 0.25) is 0 Å². The monoisotopic (exact) mass is 239 g/mol. The summed E-state index contributed by atoms with van der Waals surface area (Å²) in [6.45, 7) is 4.87. The Morgan fingerprint density at radius 1 is 1.29 bits per heavy atom. The average Bonchev–Trinajstić information content (AvgIpc) is 2.85. The maximum Gasteiger partial charge on any atom is 0.307 e. The van der Waals surface area contributed by atoms with E-state index in [0.29, 0.717) is 25.3 Å². The molecule has 0 aromatic heterocycles. The SMILES string of the molecule is CC1C[C@H](C(=O)NCC2(C)CC2)[C@H](C(=O)O)C1. The van der Waals surface area contributed by atoms with E-state index >= 15 is 0 Å². The van der Waals surface area contributed by atoms with Crippen LogP contribution in [-0.4, -0.2) is 23.5 Å². The summed E-state index contributed by atoms with van der Waals surface area (Å²) in [5, 5.41) is 12.0. The highest BCUT2D eigenvalue weighted by molar-refractivity contribution is 5.85. The molecule has 17 heavy (non-hydrogen) atoms. The van der Waals surface area contributed by atoms with Gasteiger partial charge in [0, 0.05) is 6.54 Å². The molecule has 4 nitrogen and oxygen atoms in total. The highest BCUT2D eigenvalue weighted by Gasteiger charge is 2.43. The second-order valence-corrected chi connectivity index (χ2v) is 6.16. The van der Waals surface area contributed by atoms with E-state index in [4.69, 9.17) is 5.11 Å². The van der Waals surface area contributed by atoms with Gasteiger partial charge in [-0.15, -0.1) is 0 Å². The van der Waals surface area contributed by atoms with E-state index < -0.39 is 11.9 Å². The number of amides is 1. The molecule has 0 heterocycles. The number of hydrogen-bond donors (Lipinski definition) is 2. The zero-order valence-corrected chi connectivity index (χ0v) is 10.5. The summed E-state index contributed by atoms with van der Waals surface area (Å²) in [5.41, 5.74) is 0.276. The van der Waals surface area contributed by atoms with Crippen molar-refractivity contribution >= 4 is 11.9 Å². The molecule has 0 aromatic carbocycles. The molecule has 2 aliphatic rings. The number of rotatable bonds is 4. The van der Waals surface area contributed by atoms with Gasteiger partial charge in [0.15, 0.2) is 0 Å². The second kappa shape index (κ2) is 4.31. The third-order valence-electron chi connectivity index (χ3n) is 4.25. The molecule has 4 heteroatoms. The lowest BCUT2D eigenvalue weighted by Gasteiger charge is -2.17. The number of carboxylic acids is 1. The average molecular weight is 239 g/mol. The Balaban J connectivity index is 1.90. The quantitative estimate of drug-likeness (QED) is 0.784. The van der Waals surface area contributed by atoms with Gasteiger partial charge in [-0.3, -0.25) is 9.59 Å². The molecule has 96 valence electrons. The minimum atomic E-state index is -0.827. The largest absolute Gasteiger partial charge is 0.481 e. The van der Waals surface area contributed by atoms with E-state index in [1.807, 2.05) is 6.92 Å². The molecule has 2 fully saturated rings. The van der Waals surface area contributed by atoms with Crippen LogP contribution in [0.4, 0.5) is 0 Å². The van der Waals surface area contributed by atoms with Gasteiger partial charge in [0.25, 0.3) is 0 Å². The fourth-order valence-corrected chi connectivity index (χ4v) is 2.68. The van der Waals surface area contributed by atoms with E-state index in [1.54, 1.807) is 0 Å². The normalized spacial score (nSPS) is 34.4. The first kappa shape index (κ1) is 12.4. The van der Waals surface area contributed by atoms with Gasteiger partial charge in [-0.05, 0) is 37.0 Å². The summed E-state index contributed by atoms with van der Waals surface area (Å²) in [5.74, 6) is -1.37. The Labute approximate surface area is 102 Å². The molecule has 1 amide bonds. The Morgan fingerprint density at radius 3 is 2.41 bits per heavy atom. The third-order valence-corrected chi connectivity index (χ3v) is 4.25. The van der Waals surface area contributed by atoms with Gasteiger partial charge in [-0.25, -0.2) is 0 Å². The number of carbonyl (C=O) groups excluding carboxylic acids is 1. The summed E-state index contributed by atoms with van der Waals surface area (Å²) < 4.78 is 0. The molecular formula is C13H21NO3. The fraction of sp³-hybridized carbons (Fsp3) is 0.846. The Morgan fingerprint density at radius 2 is 1.88 bits per heavy atom. The molecule has 0 bridgehead atoms. The van der Waals surface area contributed by atoms with E-state index in [9.17, 15) is 9.59 Å². The summed E-state index contributed by atoms with van der Waals surface area (Å²) in [6, 6.07) is 0. The summed E-state index contributed by atoms with van der Waals surface area (Å²) in [6.07, 6.45) is 3.66. The van der Waals surface area contributed by atoms with Crippen molar-refractivity contribution in [1.82, 2.24) is 5.32 Å². The number of aliphatic carboxylic acids is 1. The van der Waals surface area contributed by atoms with Crippen molar-refractivity contribution < 1.29 is 14.7 Å². The van der Waals surface area contributed by atoms with Gasteiger partial charge < -0.3 is 10.4 Å². The first-order valence-electron chi connectivity index (χ1n) is 6.42. The van der Waals surface area contributed by atoms with Crippen LogP contribution in [0.3, 0.4) is 0 Å². The Kier molecular flexibility index (Phi) is 3.15. The van der Waals surface area contributed by atoms with Gasteiger partial charge in [-0.1, -0.05) is 13.8 Å². The standard InChI is InChI=1S/C13H21NO3/c1-8-5-9(10(6-8)12(16)17)11(15)14-7-13(2)3-4-13/h8-10H,3-7H2,1-2H3,(H,14,15)(H,16,17)/t8?,9-,10+/m0/s1. The van der Waals surface area contributed by atoms with Crippen molar-refractivity contribution in [3.63, 3.8) is 0 Å². The third kappa shape index (κ3) is 2.79. The number of carboxylic acid groups (broad SMARTS) is 1. The van der Waals surface area contributed by atoms with Crippen LogP contribution in [0.25, 0.3) is 0 Å². The van der Waals surface area contributed by atoms with Crippen LogP contribution in [-0.2, 0) is 9.59 Å². The smallest absolute Gasteiger partial charge is 0.307 e. The Bertz CT molecular complexity index is 336. The van der Waals surface area contributed by atoms with Crippen LogP contribution in [0.5, 0.6) is 0 Å². The number of carbonyl (C=O) groups is 2. The number of nitrogens with one attached hydrogen (secondary N) is 1. The highest BCUT2D eigenvalue weighted by atomic mass is 16.4. The lowest BCUT2D eigenvalue weighted by molar-refractivity contribution is -0.146. The minimum absolute atomic E-state index is 0.0603. The second-order valence-electron chi connectivity index (χ2n) is 6.16. The molecule has 0 saturated heterocycles. The molecule has 3 atom stereocenters. The van der Waals surface area contributed by atoms with Gasteiger partial charge in [0.1, 0.15) is 0 Å². The van der Waals surface area contributed by atoms with Crippen LogP contribution < -0.4 is 5.32 Å². The Hall–Kier alpha value is -1.06. The van der Waals surface area contributed by atoms with Crippen molar-refractivity contribution in [3.05, 3.63) is 0 Å². The molecule has 2 N–H and O–H groups in total. The maximum absolute atomic E-state index is 12.0. The molecule has 0 aliphatic heterocycles. The zero-order valence-electron chi connectivity index (χ0n) is 10.5. The maximum atomic E-state index is 12.0. The topological polar surface area (TPSA) is 66.4 Å². The van der Waals surface area contributed by atoms with Crippen molar-refractivity contribution in [3.8, 4) is 0 Å². The van der Waals surface area contributed by atoms with Crippen LogP contribution in [0, 0.1) is 23.2 Å². The van der Waals surface area contributed by atoms with Crippen LogP contribution in [0.15, 0.2) is 0 Å². The van der Waals surface area contributed by atoms with Crippen molar-refractivity contribution in [2.45, 2.75) is 39.5 Å². The molecule has 0 aromatic rings. The molecule has 0 spiro atoms. The number of hydrogen-bond acceptors (Lipinski definition) is 2. The summed E-state index contributed by atoms with van der Waals surface area (Å²) >= 11 is 0. The predicted molar refractivity (Wildman–Crippen MR) is 63.4 cm³/mol. The van der Waals surface area contributed by atoms with Crippen molar-refractivity contribution in [2.75, 3.05) is 6.54 Å². The van der Waals surface area contributed by atoms with Gasteiger partial charge in [0.05, 0.1) is 11.8 Å². The van der Waals surface area contributed by atoms with E-state index in [2.05, 4.69) is 12.2 Å². The summed E-state index contributed by atoms with van der Waals surface area (Å²) in [4.78, 5) is 23.1. The van der Waals surface area contributed by atoms with Gasteiger partial charge in [-0.2, -0.15) is 0 Å². The highest BCUT2D eigenvalue weighted by Crippen LogP contribution is 2.44. The lowest BCUT2D eigenvalue weighted by atomic mass is 9.95. The van der Waals surface area contributed by atoms with E-state index in [-0.39, 0.29) is 17.2 Å². The zero-order chi connectivity index (χ0) is 12.6. The molecule has 1 unspecified atom stereocenters. The molecular weight excluding hydrogens is 218 g/mol. The molecule has 2 saturated carbocycles. The fourth-order valence-electron chi connectivity index (χ4n) is 2.68.